The third-order valence-corrected chi connectivity index (χ3v) is 5.85. The number of aryl methyl sites for hydroxylation is 1. The first kappa shape index (κ1) is 19.0. The first-order valence-electron chi connectivity index (χ1n) is 9.80. The van der Waals surface area contributed by atoms with Crippen molar-refractivity contribution >= 4 is 11.6 Å². The van der Waals surface area contributed by atoms with E-state index in [1.165, 1.54) is 5.56 Å². The third kappa shape index (κ3) is 4.08. The molecule has 146 valence electrons. The molecule has 3 aromatic rings. The van der Waals surface area contributed by atoms with Crippen molar-refractivity contribution in [3.8, 4) is 17.0 Å². The Morgan fingerprint density at radius 1 is 1.11 bits per heavy atom. The maximum atomic E-state index is 6.02. The van der Waals surface area contributed by atoms with Crippen molar-refractivity contribution in [1.29, 1.82) is 0 Å². The quantitative estimate of drug-likeness (QED) is 0.626. The van der Waals surface area contributed by atoms with Gasteiger partial charge in [0.2, 0.25) is 0 Å². The second kappa shape index (κ2) is 8.38. The van der Waals surface area contributed by atoms with Crippen LogP contribution in [0.1, 0.15) is 35.8 Å². The lowest BCUT2D eigenvalue weighted by atomic mass is 9.95. The number of aromatic nitrogens is 2. The van der Waals surface area contributed by atoms with E-state index in [-0.39, 0.29) is 0 Å². The zero-order valence-corrected chi connectivity index (χ0v) is 17.2. The van der Waals surface area contributed by atoms with Crippen molar-refractivity contribution in [3.63, 3.8) is 0 Å². The summed E-state index contributed by atoms with van der Waals surface area (Å²) in [6.07, 6.45) is 2.23. The molecule has 2 aromatic carbocycles. The summed E-state index contributed by atoms with van der Waals surface area (Å²) in [6.45, 7) is 5.14. The molecule has 0 radical (unpaired) electrons. The van der Waals surface area contributed by atoms with Gasteiger partial charge in [0.05, 0.1) is 18.5 Å². The Bertz CT molecular complexity index is 927. The number of ether oxygens (including phenoxy) is 1. The number of rotatable bonds is 5. The van der Waals surface area contributed by atoms with Crippen molar-refractivity contribution < 1.29 is 4.74 Å². The van der Waals surface area contributed by atoms with Crippen LogP contribution in [0.15, 0.2) is 48.5 Å². The zero-order chi connectivity index (χ0) is 19.5. The molecule has 0 bridgehead atoms. The lowest BCUT2D eigenvalue weighted by Gasteiger charge is -2.31. The predicted octanol–water partition coefficient (Wildman–Crippen LogP) is 5.43. The number of imidazole rings is 1. The first-order chi connectivity index (χ1) is 13.6. The summed E-state index contributed by atoms with van der Waals surface area (Å²) in [5, 5.41) is 0.753. The minimum atomic E-state index is 0.480. The molecule has 28 heavy (non-hydrogen) atoms. The fourth-order valence-electron chi connectivity index (χ4n) is 4.01. The molecule has 0 unspecified atom stereocenters. The van der Waals surface area contributed by atoms with Crippen molar-refractivity contribution in [2.45, 2.75) is 32.2 Å². The second-order valence-corrected chi connectivity index (χ2v) is 7.89. The van der Waals surface area contributed by atoms with Gasteiger partial charge >= 0.3 is 0 Å². The number of nitrogens with zero attached hydrogens (tertiary/aromatic N) is 2. The number of H-pyrrole nitrogens is 1. The van der Waals surface area contributed by atoms with Crippen molar-refractivity contribution in [3.05, 3.63) is 70.6 Å². The molecule has 4 nitrogen and oxygen atoms in total. The van der Waals surface area contributed by atoms with Crippen LogP contribution in [0.2, 0.25) is 5.02 Å². The van der Waals surface area contributed by atoms with Crippen LogP contribution in [0.4, 0.5) is 0 Å². The van der Waals surface area contributed by atoms with Gasteiger partial charge in [0, 0.05) is 23.0 Å². The van der Waals surface area contributed by atoms with E-state index in [0.29, 0.717) is 5.92 Å². The van der Waals surface area contributed by atoms with E-state index in [4.69, 9.17) is 21.3 Å². The van der Waals surface area contributed by atoms with Crippen LogP contribution in [0, 0.1) is 6.92 Å². The van der Waals surface area contributed by atoms with E-state index in [9.17, 15) is 0 Å². The standard InChI is InChI=1S/C23H26ClN3O/c1-16-22(17-7-9-20(24)10-8-17)26-23(25-16)18-11-13-27(14-12-18)15-19-5-3-4-6-21(19)28-2/h3-10,18H,11-15H2,1-2H3,(H,25,26). The summed E-state index contributed by atoms with van der Waals surface area (Å²) in [5.74, 6) is 2.56. The van der Waals surface area contributed by atoms with Gasteiger partial charge in [0.25, 0.3) is 0 Å². The van der Waals surface area contributed by atoms with Crippen LogP contribution in [-0.4, -0.2) is 35.1 Å². The van der Waals surface area contributed by atoms with E-state index in [1.54, 1.807) is 7.11 Å². The van der Waals surface area contributed by atoms with Crippen LogP contribution in [0.25, 0.3) is 11.3 Å². The van der Waals surface area contributed by atoms with E-state index in [1.807, 2.05) is 36.4 Å². The average Bonchev–Trinajstić information content (AvgIpc) is 3.11. The minimum absolute atomic E-state index is 0.480. The van der Waals surface area contributed by atoms with Gasteiger partial charge < -0.3 is 9.72 Å². The third-order valence-electron chi connectivity index (χ3n) is 5.60. The number of para-hydroxylation sites is 1. The average molecular weight is 396 g/mol. The number of likely N-dealkylation sites (tertiary alicyclic amines) is 1. The molecule has 2 heterocycles. The van der Waals surface area contributed by atoms with Gasteiger partial charge in [-0.3, -0.25) is 4.90 Å². The summed E-state index contributed by atoms with van der Waals surface area (Å²) >= 11 is 6.02. The molecule has 1 N–H and O–H groups in total. The Labute approximate surface area is 171 Å². The monoisotopic (exact) mass is 395 g/mol. The number of hydrogen-bond donors (Lipinski definition) is 1. The summed E-state index contributed by atoms with van der Waals surface area (Å²) in [7, 11) is 1.74. The van der Waals surface area contributed by atoms with E-state index >= 15 is 0 Å². The Morgan fingerprint density at radius 3 is 2.54 bits per heavy atom. The highest BCUT2D eigenvalue weighted by atomic mass is 35.5. The Kier molecular flexibility index (Phi) is 5.69. The SMILES string of the molecule is COc1ccccc1CN1CCC(c2nc(C)c(-c3ccc(Cl)cc3)[nH]2)CC1. The molecule has 0 amide bonds. The number of methoxy groups -OCH3 is 1. The predicted molar refractivity (Wildman–Crippen MR) is 114 cm³/mol. The summed E-state index contributed by atoms with van der Waals surface area (Å²) < 4.78 is 5.49. The number of nitrogens with one attached hydrogen (secondary N) is 1. The van der Waals surface area contributed by atoms with Crippen molar-refractivity contribution in [1.82, 2.24) is 14.9 Å². The molecular formula is C23H26ClN3O. The van der Waals surface area contributed by atoms with Crippen molar-refractivity contribution in [2.24, 2.45) is 0 Å². The minimum Gasteiger partial charge on any atom is -0.496 e. The molecular weight excluding hydrogens is 370 g/mol. The molecule has 1 aliphatic heterocycles. The van der Waals surface area contributed by atoms with Crippen LogP contribution in [0.5, 0.6) is 5.75 Å². The Hall–Kier alpha value is -2.30. The largest absolute Gasteiger partial charge is 0.496 e. The molecule has 5 heteroatoms. The van der Waals surface area contributed by atoms with E-state index < -0.39 is 0 Å². The highest BCUT2D eigenvalue weighted by Crippen LogP contribution is 2.31. The van der Waals surface area contributed by atoms with Crippen LogP contribution >= 0.6 is 11.6 Å². The van der Waals surface area contributed by atoms with Crippen LogP contribution in [-0.2, 0) is 6.54 Å². The normalized spacial score (nSPS) is 15.7. The van der Waals surface area contributed by atoms with Crippen molar-refractivity contribution in [2.75, 3.05) is 20.2 Å². The van der Waals surface area contributed by atoms with E-state index in [0.717, 1.165) is 66.0 Å². The molecule has 1 fully saturated rings. The summed E-state index contributed by atoms with van der Waals surface area (Å²) in [6, 6.07) is 16.2. The number of piperidine rings is 1. The molecule has 0 atom stereocenters. The number of hydrogen-bond acceptors (Lipinski definition) is 3. The highest BCUT2D eigenvalue weighted by molar-refractivity contribution is 6.30. The molecule has 1 saturated heterocycles. The zero-order valence-electron chi connectivity index (χ0n) is 16.4. The molecule has 1 aromatic heterocycles. The van der Waals surface area contributed by atoms with Gasteiger partial charge in [0.1, 0.15) is 11.6 Å². The Morgan fingerprint density at radius 2 is 1.82 bits per heavy atom. The van der Waals surface area contributed by atoms with E-state index in [2.05, 4.69) is 28.9 Å². The molecule has 4 rings (SSSR count). The summed E-state index contributed by atoms with van der Waals surface area (Å²) in [4.78, 5) is 10.9. The van der Waals surface area contributed by atoms with Gasteiger partial charge in [-0.15, -0.1) is 0 Å². The maximum absolute atomic E-state index is 6.02. The molecule has 0 spiro atoms. The number of benzene rings is 2. The van der Waals surface area contributed by atoms with Gasteiger partial charge in [-0.05, 0) is 56.6 Å². The number of halogens is 1. The summed E-state index contributed by atoms with van der Waals surface area (Å²) in [5.41, 5.74) is 4.54. The van der Waals surface area contributed by atoms with Gasteiger partial charge in [-0.1, -0.05) is 41.9 Å². The van der Waals surface area contributed by atoms with Gasteiger partial charge in [-0.2, -0.15) is 0 Å². The lowest BCUT2D eigenvalue weighted by molar-refractivity contribution is 0.200. The van der Waals surface area contributed by atoms with Gasteiger partial charge in [-0.25, -0.2) is 4.98 Å². The topological polar surface area (TPSA) is 41.1 Å². The molecule has 0 aliphatic carbocycles. The second-order valence-electron chi connectivity index (χ2n) is 7.45. The first-order valence-corrected chi connectivity index (χ1v) is 10.2. The fraction of sp³-hybridized carbons (Fsp3) is 0.348. The van der Waals surface area contributed by atoms with Crippen LogP contribution < -0.4 is 4.74 Å². The maximum Gasteiger partial charge on any atom is 0.123 e. The highest BCUT2D eigenvalue weighted by Gasteiger charge is 2.24. The van der Waals surface area contributed by atoms with Crippen LogP contribution in [0.3, 0.4) is 0 Å². The molecule has 1 aliphatic rings. The lowest BCUT2D eigenvalue weighted by Crippen LogP contribution is -2.32. The van der Waals surface area contributed by atoms with Gasteiger partial charge in [0.15, 0.2) is 0 Å². The smallest absolute Gasteiger partial charge is 0.123 e. The fourth-order valence-corrected chi connectivity index (χ4v) is 4.14. The number of aromatic amines is 1. The Balaban J connectivity index is 1.41. The molecule has 0 saturated carbocycles.